The van der Waals surface area contributed by atoms with Gasteiger partial charge in [0.15, 0.2) is 5.78 Å². The summed E-state index contributed by atoms with van der Waals surface area (Å²) in [6, 6.07) is 0. The van der Waals surface area contributed by atoms with Crippen molar-refractivity contribution < 1.29 is 9.28 Å². The Kier molecular flexibility index (Phi) is 8.95. The molecule has 2 aliphatic rings. The van der Waals surface area contributed by atoms with Crippen LogP contribution in [0.2, 0.25) is 0 Å². The zero-order valence-corrected chi connectivity index (χ0v) is 16.8. The first-order chi connectivity index (χ1) is 12.1. The Morgan fingerprint density at radius 1 is 1.00 bits per heavy atom. The van der Waals surface area contributed by atoms with Gasteiger partial charge in [0.25, 0.3) is 0 Å². The SMILES string of the molecule is CCCCCCC1C=CC(CCCCC[N+]2(C)CCCCC2)=CC1=O. The molecule has 1 unspecified atom stereocenters. The Hall–Kier alpha value is -0.890. The Bertz CT molecular complexity index is 457. The topological polar surface area (TPSA) is 17.1 Å². The van der Waals surface area contributed by atoms with E-state index < -0.39 is 0 Å². The van der Waals surface area contributed by atoms with Gasteiger partial charge in [0.05, 0.1) is 26.7 Å². The number of carbonyl (C=O) groups excluding carboxylic acids is 1. The summed E-state index contributed by atoms with van der Waals surface area (Å²) in [6.07, 6.45) is 21.6. The van der Waals surface area contributed by atoms with E-state index in [-0.39, 0.29) is 5.92 Å². The van der Waals surface area contributed by atoms with Crippen LogP contribution in [0.1, 0.15) is 84.0 Å². The third kappa shape index (κ3) is 7.48. The van der Waals surface area contributed by atoms with Crippen molar-refractivity contribution in [2.24, 2.45) is 5.92 Å². The van der Waals surface area contributed by atoms with Crippen molar-refractivity contribution in [2.45, 2.75) is 84.0 Å². The summed E-state index contributed by atoms with van der Waals surface area (Å²) in [5.41, 5.74) is 1.26. The standard InChI is InChI=1S/C23H40NO/c1-3-4-5-9-14-22-16-15-21(20-23(22)25)13-8-6-10-17-24(2)18-11-7-12-19-24/h15-16,20,22H,3-14,17-19H2,1-2H3/q+1. The molecule has 1 aliphatic carbocycles. The van der Waals surface area contributed by atoms with Gasteiger partial charge in [-0.3, -0.25) is 4.79 Å². The Morgan fingerprint density at radius 2 is 1.76 bits per heavy atom. The molecule has 0 aromatic rings. The highest BCUT2D eigenvalue weighted by Gasteiger charge is 2.23. The fraction of sp³-hybridized carbons (Fsp3) is 0.783. The monoisotopic (exact) mass is 346 g/mol. The first-order valence-corrected chi connectivity index (χ1v) is 10.9. The lowest BCUT2D eigenvalue weighted by Crippen LogP contribution is -2.48. The third-order valence-corrected chi connectivity index (χ3v) is 6.16. The quantitative estimate of drug-likeness (QED) is 0.340. The fourth-order valence-corrected chi connectivity index (χ4v) is 4.36. The molecule has 0 bridgehead atoms. The van der Waals surface area contributed by atoms with Crippen LogP contribution in [0.3, 0.4) is 0 Å². The van der Waals surface area contributed by atoms with Gasteiger partial charge in [-0.2, -0.15) is 0 Å². The maximum atomic E-state index is 12.3. The van der Waals surface area contributed by atoms with E-state index in [0.29, 0.717) is 5.78 Å². The minimum absolute atomic E-state index is 0.157. The number of hydrogen-bond acceptors (Lipinski definition) is 1. The number of nitrogens with zero attached hydrogens (tertiary/aromatic N) is 1. The highest BCUT2D eigenvalue weighted by atomic mass is 16.1. The van der Waals surface area contributed by atoms with E-state index in [2.05, 4.69) is 26.1 Å². The van der Waals surface area contributed by atoms with E-state index in [9.17, 15) is 4.79 Å². The molecule has 0 spiro atoms. The van der Waals surface area contributed by atoms with Crippen molar-refractivity contribution in [1.82, 2.24) is 0 Å². The smallest absolute Gasteiger partial charge is 0.162 e. The lowest BCUT2D eigenvalue weighted by Gasteiger charge is -2.37. The first kappa shape index (κ1) is 20.4. The molecule has 0 N–H and O–H groups in total. The number of quaternary nitrogens is 1. The van der Waals surface area contributed by atoms with Gasteiger partial charge in [-0.15, -0.1) is 0 Å². The normalized spacial score (nSPS) is 22.9. The van der Waals surface area contributed by atoms with Crippen LogP contribution in [0.25, 0.3) is 0 Å². The Labute approximate surface area is 156 Å². The molecular formula is C23H40NO+. The number of unbranched alkanes of at least 4 members (excludes halogenated alkanes) is 5. The lowest BCUT2D eigenvalue weighted by molar-refractivity contribution is -0.914. The molecule has 0 radical (unpaired) electrons. The molecule has 0 saturated carbocycles. The number of rotatable bonds is 11. The molecular weight excluding hydrogens is 306 g/mol. The number of ketones is 1. The van der Waals surface area contributed by atoms with E-state index in [1.165, 1.54) is 93.9 Å². The van der Waals surface area contributed by atoms with Crippen LogP contribution in [-0.2, 0) is 4.79 Å². The molecule has 0 aromatic carbocycles. The van der Waals surface area contributed by atoms with Gasteiger partial charge >= 0.3 is 0 Å². The molecule has 1 aliphatic heterocycles. The van der Waals surface area contributed by atoms with Gasteiger partial charge in [-0.05, 0) is 63.0 Å². The van der Waals surface area contributed by atoms with E-state index in [1.54, 1.807) is 0 Å². The highest BCUT2D eigenvalue weighted by molar-refractivity contribution is 5.95. The second kappa shape index (κ2) is 11.0. The van der Waals surface area contributed by atoms with E-state index in [0.717, 1.165) is 12.8 Å². The molecule has 0 aromatic heterocycles. The number of carbonyl (C=O) groups is 1. The zero-order valence-electron chi connectivity index (χ0n) is 16.8. The Balaban J connectivity index is 1.59. The summed E-state index contributed by atoms with van der Waals surface area (Å²) in [5, 5.41) is 0. The van der Waals surface area contributed by atoms with Crippen LogP contribution in [0.15, 0.2) is 23.8 Å². The molecule has 1 saturated heterocycles. The molecule has 2 nitrogen and oxygen atoms in total. The van der Waals surface area contributed by atoms with Gasteiger partial charge in [0.2, 0.25) is 0 Å². The average Bonchev–Trinajstić information content (AvgIpc) is 2.60. The van der Waals surface area contributed by atoms with Crippen molar-refractivity contribution in [3.8, 4) is 0 Å². The maximum Gasteiger partial charge on any atom is 0.162 e. The van der Waals surface area contributed by atoms with E-state index in [1.807, 2.05) is 6.08 Å². The van der Waals surface area contributed by atoms with Gasteiger partial charge < -0.3 is 4.48 Å². The molecule has 1 heterocycles. The van der Waals surface area contributed by atoms with Crippen LogP contribution >= 0.6 is 0 Å². The van der Waals surface area contributed by atoms with Crippen molar-refractivity contribution in [3.05, 3.63) is 23.8 Å². The molecule has 142 valence electrons. The molecule has 2 heteroatoms. The second-order valence-corrected chi connectivity index (χ2v) is 8.60. The van der Waals surface area contributed by atoms with Crippen molar-refractivity contribution in [3.63, 3.8) is 0 Å². The molecule has 0 amide bonds. The number of piperidine rings is 1. The second-order valence-electron chi connectivity index (χ2n) is 8.60. The van der Waals surface area contributed by atoms with Gasteiger partial charge in [-0.1, -0.05) is 44.8 Å². The van der Waals surface area contributed by atoms with Crippen molar-refractivity contribution in [2.75, 3.05) is 26.7 Å². The van der Waals surface area contributed by atoms with Crippen LogP contribution in [0.4, 0.5) is 0 Å². The van der Waals surface area contributed by atoms with Crippen LogP contribution < -0.4 is 0 Å². The van der Waals surface area contributed by atoms with Gasteiger partial charge in [0, 0.05) is 5.92 Å². The largest absolute Gasteiger partial charge is 0.326 e. The first-order valence-electron chi connectivity index (χ1n) is 10.9. The summed E-state index contributed by atoms with van der Waals surface area (Å²) in [6.45, 7) is 6.33. The lowest BCUT2D eigenvalue weighted by atomic mass is 9.89. The van der Waals surface area contributed by atoms with Gasteiger partial charge in [0.1, 0.15) is 0 Å². The maximum absolute atomic E-state index is 12.3. The van der Waals surface area contributed by atoms with Crippen molar-refractivity contribution in [1.29, 1.82) is 0 Å². The number of allylic oxidation sites excluding steroid dienone is 4. The summed E-state index contributed by atoms with van der Waals surface area (Å²) < 4.78 is 1.29. The molecule has 1 fully saturated rings. The fourth-order valence-electron chi connectivity index (χ4n) is 4.36. The zero-order chi connectivity index (χ0) is 18.0. The highest BCUT2D eigenvalue weighted by Crippen LogP contribution is 2.23. The Morgan fingerprint density at radius 3 is 2.48 bits per heavy atom. The van der Waals surface area contributed by atoms with Crippen molar-refractivity contribution >= 4 is 5.78 Å². The summed E-state index contributed by atoms with van der Waals surface area (Å²) in [5.74, 6) is 0.504. The molecule has 2 rings (SSSR count). The minimum atomic E-state index is 0.157. The molecule has 25 heavy (non-hydrogen) atoms. The van der Waals surface area contributed by atoms with Gasteiger partial charge in [-0.25, -0.2) is 0 Å². The predicted octanol–water partition coefficient (Wildman–Crippen LogP) is 5.83. The minimum Gasteiger partial charge on any atom is -0.326 e. The number of likely N-dealkylation sites (tertiary alicyclic amines) is 1. The van der Waals surface area contributed by atoms with E-state index in [4.69, 9.17) is 0 Å². The summed E-state index contributed by atoms with van der Waals surface area (Å²) in [7, 11) is 2.44. The summed E-state index contributed by atoms with van der Waals surface area (Å²) in [4.78, 5) is 12.3. The van der Waals surface area contributed by atoms with E-state index >= 15 is 0 Å². The number of hydrogen-bond donors (Lipinski definition) is 0. The van der Waals surface area contributed by atoms with Crippen LogP contribution in [0.5, 0.6) is 0 Å². The predicted molar refractivity (Wildman–Crippen MR) is 108 cm³/mol. The summed E-state index contributed by atoms with van der Waals surface area (Å²) >= 11 is 0. The van der Waals surface area contributed by atoms with Crippen LogP contribution in [-0.4, -0.2) is 36.9 Å². The average molecular weight is 347 g/mol. The molecule has 1 atom stereocenters. The third-order valence-electron chi connectivity index (χ3n) is 6.16. The van der Waals surface area contributed by atoms with Crippen LogP contribution in [0, 0.1) is 5.92 Å².